The number of rotatable bonds is 5. The fourth-order valence-corrected chi connectivity index (χ4v) is 3.37. The molecule has 0 radical (unpaired) electrons. The van der Waals surface area contributed by atoms with Gasteiger partial charge in [0.15, 0.2) is 17.3 Å². The van der Waals surface area contributed by atoms with E-state index in [4.69, 9.17) is 14.0 Å². The molecular formula is C22H23N3O4. The van der Waals surface area contributed by atoms with Gasteiger partial charge in [-0.15, -0.1) is 0 Å². The zero-order valence-electron chi connectivity index (χ0n) is 16.6. The Bertz CT molecular complexity index is 1060. The number of para-hydroxylation sites is 2. The highest BCUT2D eigenvalue weighted by Crippen LogP contribution is 2.30. The highest BCUT2D eigenvalue weighted by Gasteiger charge is 2.20. The van der Waals surface area contributed by atoms with Crippen LogP contribution in [0.15, 0.2) is 47.0 Å². The predicted molar refractivity (Wildman–Crippen MR) is 108 cm³/mol. The molecule has 0 spiro atoms. The Hall–Kier alpha value is -3.48. The third-order valence-corrected chi connectivity index (χ3v) is 4.80. The van der Waals surface area contributed by atoms with Gasteiger partial charge in [-0.3, -0.25) is 9.36 Å². The van der Waals surface area contributed by atoms with Gasteiger partial charge in [0.2, 0.25) is 5.91 Å². The quantitative estimate of drug-likeness (QED) is 0.673. The minimum Gasteiger partial charge on any atom is -0.486 e. The molecule has 150 valence electrons. The standard InChI is InChI=1S/C22H23N3O4/c1-14-10-17(16(3)25(14)21-11-15(2)29-24-21)8-9-22(26)23-12-18-13-27-19-6-4-5-7-20(19)28-18/h4-11,18H,12-13H2,1-3H3,(H,23,26)/b9-8+/t18-/m1/s1. The van der Waals surface area contributed by atoms with Gasteiger partial charge in [0.1, 0.15) is 18.5 Å². The summed E-state index contributed by atoms with van der Waals surface area (Å²) in [4.78, 5) is 12.3. The molecule has 3 aromatic rings. The van der Waals surface area contributed by atoms with Crippen LogP contribution in [-0.2, 0) is 4.79 Å². The van der Waals surface area contributed by atoms with Crippen LogP contribution in [0.5, 0.6) is 11.5 Å². The van der Waals surface area contributed by atoms with Crippen molar-refractivity contribution in [1.29, 1.82) is 0 Å². The molecule has 2 aromatic heterocycles. The lowest BCUT2D eigenvalue weighted by Crippen LogP contribution is -2.40. The van der Waals surface area contributed by atoms with Gasteiger partial charge >= 0.3 is 0 Å². The van der Waals surface area contributed by atoms with Gasteiger partial charge in [0.05, 0.1) is 6.54 Å². The Balaban J connectivity index is 1.37. The normalized spacial score (nSPS) is 15.6. The van der Waals surface area contributed by atoms with Crippen molar-refractivity contribution in [1.82, 2.24) is 15.0 Å². The van der Waals surface area contributed by atoms with Crippen molar-refractivity contribution in [3.05, 3.63) is 65.2 Å². The molecule has 1 atom stereocenters. The molecular weight excluding hydrogens is 370 g/mol. The average molecular weight is 393 g/mol. The van der Waals surface area contributed by atoms with E-state index in [-0.39, 0.29) is 12.0 Å². The largest absolute Gasteiger partial charge is 0.486 e. The number of carbonyl (C=O) groups excluding carboxylic acids is 1. The van der Waals surface area contributed by atoms with Gasteiger partial charge in [-0.05, 0) is 50.6 Å². The second kappa shape index (κ2) is 7.87. The summed E-state index contributed by atoms with van der Waals surface area (Å²) >= 11 is 0. The van der Waals surface area contributed by atoms with Gasteiger partial charge in [0, 0.05) is 23.5 Å². The molecule has 4 rings (SSSR count). The summed E-state index contributed by atoms with van der Waals surface area (Å²) in [6.07, 6.45) is 3.11. The lowest BCUT2D eigenvalue weighted by molar-refractivity contribution is -0.116. The number of hydrogen-bond acceptors (Lipinski definition) is 5. The second-order valence-electron chi connectivity index (χ2n) is 7.03. The van der Waals surface area contributed by atoms with Gasteiger partial charge < -0.3 is 19.3 Å². The van der Waals surface area contributed by atoms with E-state index in [1.165, 1.54) is 6.08 Å². The van der Waals surface area contributed by atoms with E-state index in [9.17, 15) is 4.79 Å². The summed E-state index contributed by atoms with van der Waals surface area (Å²) in [6, 6.07) is 11.4. The van der Waals surface area contributed by atoms with Gasteiger partial charge in [-0.2, -0.15) is 0 Å². The lowest BCUT2D eigenvalue weighted by atomic mass is 10.2. The van der Waals surface area contributed by atoms with E-state index < -0.39 is 0 Å². The van der Waals surface area contributed by atoms with Crippen LogP contribution in [0.1, 0.15) is 22.7 Å². The molecule has 0 aliphatic carbocycles. The van der Waals surface area contributed by atoms with Crippen LogP contribution < -0.4 is 14.8 Å². The fraction of sp³-hybridized carbons (Fsp3) is 0.273. The fourth-order valence-electron chi connectivity index (χ4n) is 3.37. The molecule has 0 unspecified atom stereocenters. The van der Waals surface area contributed by atoms with Crippen LogP contribution in [0.4, 0.5) is 0 Å². The minimum absolute atomic E-state index is 0.186. The van der Waals surface area contributed by atoms with Crippen molar-refractivity contribution >= 4 is 12.0 Å². The molecule has 1 N–H and O–H groups in total. The van der Waals surface area contributed by atoms with Crippen molar-refractivity contribution in [3.8, 4) is 17.3 Å². The first-order chi connectivity index (χ1) is 14.0. The number of carbonyl (C=O) groups is 1. The second-order valence-corrected chi connectivity index (χ2v) is 7.03. The highest BCUT2D eigenvalue weighted by atomic mass is 16.6. The van der Waals surface area contributed by atoms with Crippen LogP contribution in [0.25, 0.3) is 11.9 Å². The number of aryl methyl sites for hydroxylation is 2. The molecule has 1 aromatic carbocycles. The van der Waals surface area contributed by atoms with Gasteiger partial charge in [-0.1, -0.05) is 17.3 Å². The third kappa shape index (κ3) is 4.03. The zero-order valence-corrected chi connectivity index (χ0v) is 16.6. The Morgan fingerprint density at radius 2 is 2.03 bits per heavy atom. The molecule has 0 saturated carbocycles. The summed E-state index contributed by atoms with van der Waals surface area (Å²) in [5, 5.41) is 6.94. The average Bonchev–Trinajstić information content (AvgIpc) is 3.26. The van der Waals surface area contributed by atoms with E-state index in [0.29, 0.717) is 18.9 Å². The highest BCUT2D eigenvalue weighted by molar-refractivity contribution is 5.91. The molecule has 7 nitrogen and oxygen atoms in total. The number of nitrogens with one attached hydrogen (secondary N) is 1. The first kappa shape index (κ1) is 18.9. The molecule has 1 amide bonds. The Kier molecular flexibility index (Phi) is 5.12. The monoisotopic (exact) mass is 393 g/mol. The number of benzene rings is 1. The molecule has 0 fully saturated rings. The van der Waals surface area contributed by atoms with Crippen LogP contribution in [0.2, 0.25) is 0 Å². The SMILES string of the molecule is Cc1cc(-n2c(C)cc(/C=C/C(=O)NC[C@@H]3COc4ccccc4O3)c2C)no1. The van der Waals surface area contributed by atoms with Crippen molar-refractivity contribution in [3.63, 3.8) is 0 Å². The van der Waals surface area contributed by atoms with E-state index in [0.717, 1.165) is 34.3 Å². The molecule has 7 heteroatoms. The van der Waals surface area contributed by atoms with Gasteiger partial charge in [-0.25, -0.2) is 0 Å². The van der Waals surface area contributed by atoms with Crippen molar-refractivity contribution < 1.29 is 18.8 Å². The zero-order chi connectivity index (χ0) is 20.4. The Labute approximate surface area is 168 Å². The summed E-state index contributed by atoms with van der Waals surface area (Å²) in [5.41, 5.74) is 2.95. The predicted octanol–water partition coefficient (Wildman–Crippen LogP) is 3.36. The maximum atomic E-state index is 12.3. The topological polar surface area (TPSA) is 78.5 Å². The van der Waals surface area contributed by atoms with E-state index in [2.05, 4.69) is 10.5 Å². The van der Waals surface area contributed by atoms with Crippen molar-refractivity contribution in [2.45, 2.75) is 26.9 Å². The van der Waals surface area contributed by atoms with Crippen molar-refractivity contribution in [2.75, 3.05) is 13.2 Å². The van der Waals surface area contributed by atoms with Crippen LogP contribution in [0, 0.1) is 20.8 Å². The van der Waals surface area contributed by atoms with E-state index in [1.807, 2.05) is 61.7 Å². The molecule has 29 heavy (non-hydrogen) atoms. The minimum atomic E-state index is -0.220. The van der Waals surface area contributed by atoms with Crippen LogP contribution >= 0.6 is 0 Å². The molecule has 0 bridgehead atoms. The summed E-state index contributed by atoms with van der Waals surface area (Å²) in [6.45, 7) is 6.61. The first-order valence-electron chi connectivity index (χ1n) is 9.48. The third-order valence-electron chi connectivity index (χ3n) is 4.80. The lowest BCUT2D eigenvalue weighted by Gasteiger charge is -2.26. The number of amides is 1. The smallest absolute Gasteiger partial charge is 0.244 e. The molecule has 1 aliphatic rings. The van der Waals surface area contributed by atoms with Crippen molar-refractivity contribution in [2.24, 2.45) is 0 Å². The van der Waals surface area contributed by atoms with E-state index in [1.54, 1.807) is 6.08 Å². The molecule has 1 aliphatic heterocycles. The number of nitrogens with zero attached hydrogens (tertiary/aromatic N) is 2. The first-order valence-corrected chi connectivity index (χ1v) is 9.48. The van der Waals surface area contributed by atoms with E-state index >= 15 is 0 Å². The molecule has 3 heterocycles. The number of hydrogen-bond donors (Lipinski definition) is 1. The summed E-state index contributed by atoms with van der Waals surface area (Å²) in [7, 11) is 0. The maximum absolute atomic E-state index is 12.3. The van der Waals surface area contributed by atoms with Crippen LogP contribution in [-0.4, -0.2) is 34.9 Å². The Morgan fingerprint density at radius 1 is 1.24 bits per heavy atom. The molecule has 0 saturated heterocycles. The summed E-state index contributed by atoms with van der Waals surface area (Å²) in [5.74, 6) is 2.73. The van der Waals surface area contributed by atoms with Crippen LogP contribution in [0.3, 0.4) is 0 Å². The number of fused-ring (bicyclic) bond motifs is 1. The Morgan fingerprint density at radius 3 is 2.79 bits per heavy atom. The number of ether oxygens (including phenoxy) is 2. The number of aromatic nitrogens is 2. The maximum Gasteiger partial charge on any atom is 0.244 e. The summed E-state index contributed by atoms with van der Waals surface area (Å²) < 4.78 is 18.7. The van der Waals surface area contributed by atoms with Gasteiger partial charge in [0.25, 0.3) is 0 Å².